The van der Waals surface area contributed by atoms with Crippen LogP contribution in [-0.2, 0) is 13.1 Å². The number of pyridine rings is 2. The Morgan fingerprint density at radius 2 is 2.07 bits per heavy atom. The van der Waals surface area contributed by atoms with Crippen molar-refractivity contribution >= 4 is 22.6 Å². The Labute approximate surface area is 165 Å². The third-order valence-electron chi connectivity index (χ3n) is 4.96. The lowest BCUT2D eigenvalue weighted by Gasteiger charge is -2.15. The van der Waals surface area contributed by atoms with Crippen molar-refractivity contribution in [2.45, 2.75) is 26.4 Å². The molecule has 0 aliphatic heterocycles. The van der Waals surface area contributed by atoms with Gasteiger partial charge in [-0.05, 0) is 31.0 Å². The summed E-state index contributed by atoms with van der Waals surface area (Å²) in [6, 6.07) is 5.14. The summed E-state index contributed by atoms with van der Waals surface area (Å²) in [5.74, 6) is -0.408. The van der Waals surface area contributed by atoms with E-state index in [0.717, 1.165) is 5.56 Å². The predicted octanol–water partition coefficient (Wildman–Crippen LogP) is 1.08. The second-order valence-corrected chi connectivity index (χ2v) is 6.83. The van der Waals surface area contributed by atoms with Gasteiger partial charge in [0.1, 0.15) is 16.8 Å². The van der Waals surface area contributed by atoms with Crippen LogP contribution in [0.4, 0.5) is 0 Å². The van der Waals surface area contributed by atoms with Crippen molar-refractivity contribution in [2.75, 3.05) is 7.05 Å². The third kappa shape index (κ3) is 3.20. The smallest absolute Gasteiger partial charge is 0.267 e. The van der Waals surface area contributed by atoms with Gasteiger partial charge in [0.15, 0.2) is 0 Å². The molecule has 4 rings (SSSR count). The van der Waals surface area contributed by atoms with Crippen LogP contribution < -0.4 is 16.4 Å². The van der Waals surface area contributed by atoms with Gasteiger partial charge in [-0.1, -0.05) is 6.07 Å². The maximum absolute atomic E-state index is 13.1. The molecule has 9 heteroatoms. The van der Waals surface area contributed by atoms with Crippen molar-refractivity contribution in [3.05, 3.63) is 70.1 Å². The number of aryl methyl sites for hydroxylation is 3. The highest BCUT2D eigenvalue weighted by atomic mass is 16.1. The number of hydrogen-bond acceptors (Lipinski definition) is 5. The summed E-state index contributed by atoms with van der Waals surface area (Å²) < 4.78 is 5.06. The lowest BCUT2D eigenvalue weighted by atomic mass is 10.2. The van der Waals surface area contributed by atoms with Gasteiger partial charge in [0, 0.05) is 38.7 Å². The van der Waals surface area contributed by atoms with E-state index < -0.39 is 5.91 Å². The van der Waals surface area contributed by atoms with Crippen LogP contribution in [-0.4, -0.2) is 36.5 Å². The minimum atomic E-state index is -0.408. The van der Waals surface area contributed by atoms with E-state index >= 15 is 0 Å². The molecule has 9 nitrogen and oxygen atoms in total. The summed E-state index contributed by atoms with van der Waals surface area (Å²) in [5, 5.41) is 11.4. The molecule has 0 aromatic carbocycles. The molecule has 148 valence electrons. The molecule has 4 aromatic rings. The SMILES string of the molecule is CNC(=O)c1cc2c(=O)n3cccc(C)c3nc2n(CCCn2ccnc2)c1=N. The van der Waals surface area contributed by atoms with Crippen LogP contribution in [0.5, 0.6) is 0 Å². The maximum Gasteiger partial charge on any atom is 0.267 e. The molecule has 0 atom stereocenters. The lowest BCUT2D eigenvalue weighted by molar-refractivity contribution is 0.0960. The van der Waals surface area contributed by atoms with Crippen molar-refractivity contribution in [1.29, 1.82) is 5.41 Å². The predicted molar refractivity (Wildman–Crippen MR) is 108 cm³/mol. The zero-order chi connectivity index (χ0) is 20.5. The molecule has 4 heterocycles. The van der Waals surface area contributed by atoms with Crippen LogP contribution in [0.1, 0.15) is 22.3 Å². The van der Waals surface area contributed by atoms with Crippen molar-refractivity contribution < 1.29 is 4.79 Å². The highest BCUT2D eigenvalue weighted by Gasteiger charge is 2.17. The molecule has 4 aromatic heterocycles. The zero-order valence-electron chi connectivity index (χ0n) is 16.2. The first-order chi connectivity index (χ1) is 14.0. The number of hydrogen-bond donors (Lipinski definition) is 2. The summed E-state index contributed by atoms with van der Waals surface area (Å²) in [4.78, 5) is 34.2. The second kappa shape index (κ2) is 7.34. The fourth-order valence-corrected chi connectivity index (χ4v) is 3.45. The fraction of sp³-hybridized carbons (Fsp3) is 0.250. The van der Waals surface area contributed by atoms with Gasteiger partial charge in [0.2, 0.25) is 0 Å². The van der Waals surface area contributed by atoms with E-state index in [2.05, 4.69) is 10.3 Å². The van der Waals surface area contributed by atoms with Crippen LogP contribution in [0.25, 0.3) is 16.7 Å². The monoisotopic (exact) mass is 391 g/mol. The number of amides is 1. The first-order valence-electron chi connectivity index (χ1n) is 9.29. The topological polar surface area (TPSA) is 110 Å². The molecule has 0 unspecified atom stereocenters. The van der Waals surface area contributed by atoms with Gasteiger partial charge in [-0.25, -0.2) is 9.97 Å². The number of aromatic nitrogens is 5. The minimum absolute atomic E-state index is 0.0346. The van der Waals surface area contributed by atoms with Crippen LogP contribution in [0.3, 0.4) is 0 Å². The molecule has 0 fully saturated rings. The first-order valence-corrected chi connectivity index (χ1v) is 9.29. The molecule has 0 radical (unpaired) electrons. The molecule has 2 N–H and O–H groups in total. The van der Waals surface area contributed by atoms with E-state index in [4.69, 9.17) is 10.4 Å². The number of nitrogens with zero attached hydrogens (tertiary/aromatic N) is 5. The van der Waals surface area contributed by atoms with Crippen LogP contribution in [0.2, 0.25) is 0 Å². The maximum atomic E-state index is 13.1. The second-order valence-electron chi connectivity index (χ2n) is 6.83. The standard InChI is InChI=1S/C20H21N7O2/c1-13-5-3-8-27-17(13)24-18-15(20(27)29)11-14(19(28)22-2)16(21)26(18)9-4-7-25-10-6-23-12-25/h3,5-6,8,10-12,21H,4,7,9H2,1-2H3,(H,22,28). The summed E-state index contributed by atoms with van der Waals surface area (Å²) in [6.45, 7) is 3.02. The number of fused-ring (bicyclic) bond motifs is 2. The van der Waals surface area contributed by atoms with E-state index in [0.29, 0.717) is 36.2 Å². The quantitative estimate of drug-likeness (QED) is 0.496. The summed E-state index contributed by atoms with van der Waals surface area (Å²) in [7, 11) is 1.50. The lowest BCUT2D eigenvalue weighted by Crippen LogP contribution is -2.34. The van der Waals surface area contributed by atoms with Crippen molar-refractivity contribution in [3.8, 4) is 0 Å². The van der Waals surface area contributed by atoms with Gasteiger partial charge in [-0.15, -0.1) is 0 Å². The Kier molecular flexibility index (Phi) is 4.71. The summed E-state index contributed by atoms with van der Waals surface area (Å²) in [6.07, 6.45) is 7.66. The number of rotatable bonds is 5. The van der Waals surface area contributed by atoms with Crippen LogP contribution >= 0.6 is 0 Å². The van der Waals surface area contributed by atoms with Gasteiger partial charge >= 0.3 is 0 Å². The van der Waals surface area contributed by atoms with Crippen LogP contribution in [0.15, 0.2) is 47.9 Å². The average molecular weight is 391 g/mol. The van der Waals surface area contributed by atoms with Crippen molar-refractivity contribution in [2.24, 2.45) is 0 Å². The fourth-order valence-electron chi connectivity index (χ4n) is 3.45. The highest BCUT2D eigenvalue weighted by Crippen LogP contribution is 2.13. The van der Waals surface area contributed by atoms with Crippen molar-refractivity contribution in [3.63, 3.8) is 0 Å². The van der Waals surface area contributed by atoms with E-state index in [1.165, 1.54) is 17.5 Å². The molecular weight excluding hydrogens is 370 g/mol. The zero-order valence-corrected chi connectivity index (χ0v) is 16.2. The number of nitrogens with one attached hydrogen (secondary N) is 2. The van der Waals surface area contributed by atoms with E-state index in [9.17, 15) is 9.59 Å². The molecule has 0 aliphatic carbocycles. The molecule has 0 saturated carbocycles. The molecule has 29 heavy (non-hydrogen) atoms. The van der Waals surface area contributed by atoms with E-state index in [-0.39, 0.29) is 16.6 Å². The Balaban J connectivity index is 1.94. The number of imidazole rings is 1. The Morgan fingerprint density at radius 1 is 1.24 bits per heavy atom. The Hall–Kier alpha value is -3.75. The molecule has 0 saturated heterocycles. The number of carbonyl (C=O) groups excluding carboxylic acids is 1. The summed E-state index contributed by atoms with van der Waals surface area (Å²) in [5.41, 5.74) is 1.73. The normalized spacial score (nSPS) is 11.2. The average Bonchev–Trinajstić information content (AvgIpc) is 3.23. The minimum Gasteiger partial charge on any atom is -0.355 e. The van der Waals surface area contributed by atoms with Gasteiger partial charge < -0.3 is 14.5 Å². The van der Waals surface area contributed by atoms with Gasteiger partial charge in [0.05, 0.1) is 17.3 Å². The Morgan fingerprint density at radius 3 is 2.79 bits per heavy atom. The Bertz CT molecular complexity index is 1330. The highest BCUT2D eigenvalue weighted by molar-refractivity contribution is 5.96. The number of carbonyl (C=O) groups is 1. The molecule has 0 bridgehead atoms. The van der Waals surface area contributed by atoms with Crippen molar-refractivity contribution in [1.82, 2.24) is 28.8 Å². The third-order valence-corrected chi connectivity index (χ3v) is 4.96. The van der Waals surface area contributed by atoms with E-state index in [1.807, 2.05) is 23.8 Å². The first kappa shape index (κ1) is 18.6. The van der Waals surface area contributed by atoms with Gasteiger partial charge in [-0.3, -0.25) is 19.4 Å². The molecular formula is C20H21N7O2. The molecule has 1 amide bonds. The van der Waals surface area contributed by atoms with E-state index in [1.54, 1.807) is 29.4 Å². The van der Waals surface area contributed by atoms with Gasteiger partial charge in [-0.2, -0.15) is 0 Å². The molecule has 0 aliphatic rings. The molecule has 0 spiro atoms. The van der Waals surface area contributed by atoms with Gasteiger partial charge in [0.25, 0.3) is 11.5 Å². The van der Waals surface area contributed by atoms with Crippen LogP contribution in [0, 0.1) is 12.3 Å². The summed E-state index contributed by atoms with van der Waals surface area (Å²) >= 11 is 0. The largest absolute Gasteiger partial charge is 0.355 e.